The number of carbonyl (C=O) groups is 1. The summed E-state index contributed by atoms with van der Waals surface area (Å²) in [6, 6.07) is 3.05. The molecule has 0 aromatic carbocycles. The number of amides is 1. The molecule has 1 aromatic rings. The largest absolute Gasteiger partial charge is 0.504 e. The van der Waals surface area contributed by atoms with Gasteiger partial charge in [-0.2, -0.15) is 0 Å². The molecule has 2 N–H and O–H groups in total. The van der Waals surface area contributed by atoms with E-state index in [4.69, 9.17) is 4.74 Å². The molecule has 1 rings (SSSR count). The van der Waals surface area contributed by atoms with Crippen molar-refractivity contribution in [2.75, 3.05) is 19.0 Å². The molecule has 0 aliphatic rings. The van der Waals surface area contributed by atoms with E-state index in [9.17, 15) is 9.90 Å². The van der Waals surface area contributed by atoms with Gasteiger partial charge in [0.25, 0.3) is 0 Å². The number of pyridine rings is 1. The Kier molecular flexibility index (Phi) is 4.05. The Morgan fingerprint density at radius 1 is 1.73 bits per heavy atom. The first-order valence-corrected chi connectivity index (χ1v) is 4.59. The average molecular weight is 210 g/mol. The van der Waals surface area contributed by atoms with E-state index in [0.717, 1.165) is 0 Å². The van der Waals surface area contributed by atoms with Crippen molar-refractivity contribution in [1.29, 1.82) is 0 Å². The van der Waals surface area contributed by atoms with Gasteiger partial charge in [-0.15, -0.1) is 0 Å². The smallest absolute Gasteiger partial charge is 0.230 e. The van der Waals surface area contributed by atoms with Gasteiger partial charge in [0.2, 0.25) is 5.91 Å². The predicted octanol–water partition coefficient (Wildman–Crippen LogP) is 1.01. The molecule has 0 saturated carbocycles. The van der Waals surface area contributed by atoms with E-state index >= 15 is 0 Å². The van der Waals surface area contributed by atoms with Crippen molar-refractivity contribution in [2.45, 2.75) is 6.92 Å². The van der Waals surface area contributed by atoms with Crippen LogP contribution in [0.3, 0.4) is 0 Å². The lowest BCUT2D eigenvalue weighted by molar-refractivity contribution is -0.120. The van der Waals surface area contributed by atoms with Gasteiger partial charge in [0.15, 0.2) is 11.6 Å². The highest BCUT2D eigenvalue weighted by Gasteiger charge is 2.14. The van der Waals surface area contributed by atoms with Gasteiger partial charge in [-0.3, -0.25) is 4.79 Å². The minimum atomic E-state index is -0.281. The molecular formula is C10H14N2O3. The summed E-state index contributed by atoms with van der Waals surface area (Å²) in [6.45, 7) is 2.07. The highest BCUT2D eigenvalue weighted by molar-refractivity contribution is 5.92. The fourth-order valence-corrected chi connectivity index (χ4v) is 1.06. The molecule has 1 amide bonds. The number of nitrogens with one attached hydrogen (secondary N) is 1. The van der Waals surface area contributed by atoms with Crippen LogP contribution in [-0.2, 0) is 9.53 Å². The Hall–Kier alpha value is -1.62. The summed E-state index contributed by atoms with van der Waals surface area (Å²) in [5, 5.41) is 11.9. The summed E-state index contributed by atoms with van der Waals surface area (Å²) in [5.74, 6) is -0.386. The highest BCUT2D eigenvalue weighted by atomic mass is 16.5. The number of rotatable bonds is 4. The number of ether oxygens (including phenoxy) is 1. The van der Waals surface area contributed by atoms with Crippen LogP contribution in [0.15, 0.2) is 18.3 Å². The minimum absolute atomic E-state index is 0.0459. The predicted molar refractivity (Wildman–Crippen MR) is 55.6 cm³/mol. The van der Waals surface area contributed by atoms with Crippen LogP contribution >= 0.6 is 0 Å². The third-order valence-corrected chi connectivity index (χ3v) is 1.89. The molecule has 0 unspecified atom stereocenters. The second-order valence-electron chi connectivity index (χ2n) is 3.22. The van der Waals surface area contributed by atoms with E-state index in [1.165, 1.54) is 19.4 Å². The third kappa shape index (κ3) is 3.21. The van der Waals surface area contributed by atoms with E-state index in [1.54, 1.807) is 13.0 Å². The van der Waals surface area contributed by atoms with Crippen LogP contribution in [0.5, 0.6) is 5.75 Å². The first-order chi connectivity index (χ1) is 7.15. The second-order valence-corrected chi connectivity index (χ2v) is 3.22. The van der Waals surface area contributed by atoms with E-state index in [0.29, 0.717) is 6.61 Å². The molecular weight excluding hydrogens is 196 g/mol. The van der Waals surface area contributed by atoms with Gasteiger partial charge in [0, 0.05) is 13.3 Å². The maximum Gasteiger partial charge on any atom is 0.230 e. The molecule has 1 heterocycles. The number of aromatic nitrogens is 1. The van der Waals surface area contributed by atoms with E-state index in [1.807, 2.05) is 0 Å². The summed E-state index contributed by atoms with van der Waals surface area (Å²) in [6.07, 6.45) is 1.50. The molecule has 1 aromatic heterocycles. The Morgan fingerprint density at radius 2 is 2.47 bits per heavy atom. The first kappa shape index (κ1) is 11.5. The lowest BCUT2D eigenvalue weighted by Crippen LogP contribution is -2.24. The molecule has 82 valence electrons. The number of anilines is 1. The van der Waals surface area contributed by atoms with Gasteiger partial charge in [-0.05, 0) is 12.1 Å². The fourth-order valence-electron chi connectivity index (χ4n) is 1.06. The van der Waals surface area contributed by atoms with Crippen molar-refractivity contribution >= 4 is 11.7 Å². The van der Waals surface area contributed by atoms with Crippen molar-refractivity contribution in [3.05, 3.63) is 18.3 Å². The van der Waals surface area contributed by atoms with E-state index < -0.39 is 0 Å². The highest BCUT2D eigenvalue weighted by Crippen LogP contribution is 2.18. The maximum atomic E-state index is 11.5. The van der Waals surface area contributed by atoms with E-state index in [-0.39, 0.29) is 23.4 Å². The first-order valence-electron chi connectivity index (χ1n) is 4.59. The van der Waals surface area contributed by atoms with Crippen LogP contribution in [-0.4, -0.2) is 29.7 Å². The average Bonchev–Trinajstić information content (AvgIpc) is 2.21. The third-order valence-electron chi connectivity index (χ3n) is 1.89. The lowest BCUT2D eigenvalue weighted by Gasteiger charge is -2.10. The summed E-state index contributed by atoms with van der Waals surface area (Å²) >= 11 is 0. The van der Waals surface area contributed by atoms with Crippen molar-refractivity contribution in [2.24, 2.45) is 5.92 Å². The molecule has 5 nitrogen and oxygen atoms in total. The van der Waals surface area contributed by atoms with Gasteiger partial charge in [0.05, 0.1) is 12.5 Å². The van der Waals surface area contributed by atoms with Crippen LogP contribution < -0.4 is 5.32 Å². The molecule has 0 aliphatic carbocycles. The van der Waals surface area contributed by atoms with Crippen LogP contribution in [0.2, 0.25) is 0 Å². The number of carbonyl (C=O) groups excluding carboxylic acids is 1. The monoisotopic (exact) mass is 210 g/mol. The van der Waals surface area contributed by atoms with Crippen molar-refractivity contribution in [1.82, 2.24) is 4.98 Å². The number of hydrogen-bond donors (Lipinski definition) is 2. The number of aromatic hydroxyl groups is 1. The van der Waals surface area contributed by atoms with Gasteiger partial charge >= 0.3 is 0 Å². The van der Waals surface area contributed by atoms with Gasteiger partial charge < -0.3 is 15.2 Å². The zero-order chi connectivity index (χ0) is 11.3. The van der Waals surface area contributed by atoms with Crippen molar-refractivity contribution in [3.63, 3.8) is 0 Å². The molecule has 15 heavy (non-hydrogen) atoms. The molecule has 0 radical (unpaired) electrons. The molecule has 0 bridgehead atoms. The summed E-state index contributed by atoms with van der Waals surface area (Å²) in [4.78, 5) is 15.4. The summed E-state index contributed by atoms with van der Waals surface area (Å²) in [7, 11) is 1.53. The van der Waals surface area contributed by atoms with Crippen LogP contribution in [0.4, 0.5) is 5.82 Å². The van der Waals surface area contributed by atoms with Gasteiger partial charge in [-0.25, -0.2) is 4.98 Å². The lowest BCUT2D eigenvalue weighted by atomic mass is 10.2. The Bertz CT molecular complexity index is 341. The molecule has 5 heteroatoms. The standard InChI is InChI=1S/C10H14N2O3/c1-7(6-15-2)10(14)12-9-8(13)4-3-5-11-9/h3-5,7,13H,6H2,1-2H3,(H,11,12,14)/t7-/m1/s1. The molecule has 0 fully saturated rings. The number of methoxy groups -OCH3 is 1. The molecule has 0 spiro atoms. The Balaban J connectivity index is 2.62. The van der Waals surface area contributed by atoms with Crippen LogP contribution in [0, 0.1) is 5.92 Å². The normalized spacial score (nSPS) is 12.1. The molecule has 1 atom stereocenters. The van der Waals surface area contributed by atoms with Gasteiger partial charge in [0.1, 0.15) is 0 Å². The summed E-state index contributed by atoms with van der Waals surface area (Å²) in [5.41, 5.74) is 0. The fraction of sp³-hybridized carbons (Fsp3) is 0.400. The van der Waals surface area contributed by atoms with Gasteiger partial charge in [-0.1, -0.05) is 6.92 Å². The topological polar surface area (TPSA) is 71.5 Å². The van der Waals surface area contributed by atoms with Crippen molar-refractivity contribution in [3.8, 4) is 5.75 Å². The quantitative estimate of drug-likeness (QED) is 0.778. The van der Waals surface area contributed by atoms with Crippen LogP contribution in [0.1, 0.15) is 6.92 Å². The minimum Gasteiger partial charge on any atom is -0.504 e. The SMILES string of the molecule is COC[C@@H](C)C(=O)Nc1ncccc1O. The van der Waals surface area contributed by atoms with Crippen molar-refractivity contribution < 1.29 is 14.6 Å². The van der Waals surface area contributed by atoms with Crippen LogP contribution in [0.25, 0.3) is 0 Å². The zero-order valence-corrected chi connectivity index (χ0v) is 8.73. The number of hydrogen-bond acceptors (Lipinski definition) is 4. The van der Waals surface area contributed by atoms with E-state index in [2.05, 4.69) is 10.3 Å². The molecule has 0 aliphatic heterocycles. The number of nitrogens with zero attached hydrogens (tertiary/aromatic N) is 1. The Morgan fingerprint density at radius 3 is 3.07 bits per heavy atom. The zero-order valence-electron chi connectivity index (χ0n) is 8.73. The Labute approximate surface area is 88.1 Å². The molecule has 0 saturated heterocycles. The maximum absolute atomic E-state index is 11.5. The second kappa shape index (κ2) is 5.31. The summed E-state index contributed by atoms with van der Waals surface area (Å²) < 4.78 is 4.85.